The fraction of sp³-hybridized carbons (Fsp3) is 0.111. The fourth-order valence-corrected chi connectivity index (χ4v) is 2.69. The molecule has 0 amide bonds. The highest BCUT2D eigenvalue weighted by molar-refractivity contribution is 14.1. The van der Waals surface area contributed by atoms with Gasteiger partial charge in [0.05, 0.1) is 11.3 Å². The van der Waals surface area contributed by atoms with Crippen LogP contribution in [-0.2, 0) is 0 Å². The van der Waals surface area contributed by atoms with E-state index in [1.54, 1.807) is 23.0 Å². The third kappa shape index (κ3) is 3.93. The van der Waals surface area contributed by atoms with E-state index in [9.17, 15) is 4.79 Å². The Morgan fingerprint density at radius 1 is 1.08 bits per heavy atom. The Morgan fingerprint density at radius 3 is 2.40 bits per heavy atom. The molecule has 0 spiro atoms. The van der Waals surface area contributed by atoms with Gasteiger partial charge in [0.1, 0.15) is 0 Å². The quantitative estimate of drug-likeness (QED) is 0.343. The third-order valence-corrected chi connectivity index (χ3v) is 4.17. The van der Waals surface area contributed by atoms with Crippen molar-refractivity contribution in [2.24, 2.45) is 0 Å². The van der Waals surface area contributed by atoms with Crippen LogP contribution in [0, 0.1) is 3.57 Å². The van der Waals surface area contributed by atoms with E-state index in [1.165, 1.54) is 0 Å². The summed E-state index contributed by atoms with van der Waals surface area (Å²) in [6, 6.07) is 16.9. The number of allylic oxidation sites excluding steroid dienone is 1. The van der Waals surface area contributed by atoms with Gasteiger partial charge in [-0.1, -0.05) is 30.3 Å². The largest absolute Gasteiger partial charge is 0.383 e. The Morgan fingerprint density at radius 2 is 1.76 bits per heavy atom. The van der Waals surface area contributed by atoms with Gasteiger partial charge in [0.25, 0.3) is 0 Å². The molecule has 25 heavy (non-hydrogen) atoms. The first kappa shape index (κ1) is 17.3. The Kier molecular flexibility index (Phi) is 5.22. The number of aromatic nitrogens is 4. The van der Waals surface area contributed by atoms with Gasteiger partial charge in [0.15, 0.2) is 11.6 Å². The number of halogens is 1. The van der Waals surface area contributed by atoms with Gasteiger partial charge in [0, 0.05) is 29.4 Å². The highest BCUT2D eigenvalue weighted by Crippen LogP contribution is 2.21. The molecule has 7 heteroatoms. The Bertz CT molecular complexity index is 901. The summed E-state index contributed by atoms with van der Waals surface area (Å²) in [6.45, 7) is 0. The second-order valence-corrected chi connectivity index (χ2v) is 6.84. The van der Waals surface area contributed by atoms with Crippen LogP contribution < -0.4 is 0 Å². The van der Waals surface area contributed by atoms with Gasteiger partial charge >= 0.3 is 0 Å². The number of Topliss-reactive ketones (excluding diaryl/α,β-unsaturated/α-hetero) is 1. The van der Waals surface area contributed by atoms with Crippen molar-refractivity contribution >= 4 is 33.9 Å². The molecular formula is C18H16IN5O. The standard InChI is InChI=1S/C18H16IN5O/c1-23(2)12-16(17(25)13-6-4-3-5-7-13)18-20-21-22-24(18)15-10-8-14(19)9-11-15/h3-12H,1-2H3. The molecule has 3 rings (SSSR count). The number of ketones is 1. The number of hydrogen-bond donors (Lipinski definition) is 0. The molecule has 3 aromatic rings. The van der Waals surface area contributed by atoms with Gasteiger partial charge < -0.3 is 4.90 Å². The van der Waals surface area contributed by atoms with Crippen LogP contribution in [0.3, 0.4) is 0 Å². The minimum absolute atomic E-state index is 0.129. The first-order valence-corrected chi connectivity index (χ1v) is 8.67. The maximum absolute atomic E-state index is 13.0. The molecule has 0 atom stereocenters. The molecule has 2 aromatic carbocycles. The summed E-state index contributed by atoms with van der Waals surface area (Å²) in [4.78, 5) is 14.8. The third-order valence-electron chi connectivity index (χ3n) is 3.45. The molecule has 0 radical (unpaired) electrons. The van der Waals surface area contributed by atoms with Crippen LogP contribution in [0.25, 0.3) is 11.3 Å². The summed E-state index contributed by atoms with van der Waals surface area (Å²) in [5.41, 5.74) is 1.82. The second-order valence-electron chi connectivity index (χ2n) is 5.59. The monoisotopic (exact) mass is 445 g/mol. The van der Waals surface area contributed by atoms with Crippen molar-refractivity contribution in [3.8, 4) is 5.69 Å². The molecule has 0 fully saturated rings. The second kappa shape index (κ2) is 7.56. The van der Waals surface area contributed by atoms with Crippen molar-refractivity contribution in [3.63, 3.8) is 0 Å². The van der Waals surface area contributed by atoms with Crippen LogP contribution in [-0.4, -0.2) is 45.0 Å². The Hall–Kier alpha value is -2.55. The molecule has 0 saturated heterocycles. The Balaban J connectivity index is 2.09. The summed E-state index contributed by atoms with van der Waals surface area (Å²) in [5, 5.41) is 11.9. The lowest BCUT2D eigenvalue weighted by Crippen LogP contribution is -2.13. The summed E-state index contributed by atoms with van der Waals surface area (Å²) in [7, 11) is 3.72. The van der Waals surface area contributed by atoms with Gasteiger partial charge in [-0.3, -0.25) is 4.79 Å². The normalized spacial score (nSPS) is 11.4. The maximum atomic E-state index is 13.0. The van der Waals surface area contributed by atoms with Crippen LogP contribution in [0.1, 0.15) is 16.2 Å². The van der Waals surface area contributed by atoms with E-state index in [-0.39, 0.29) is 5.78 Å². The molecule has 0 saturated carbocycles. The number of nitrogens with zero attached hydrogens (tertiary/aromatic N) is 5. The number of rotatable bonds is 5. The summed E-state index contributed by atoms with van der Waals surface area (Å²) < 4.78 is 2.69. The average Bonchev–Trinajstić information content (AvgIpc) is 3.10. The minimum atomic E-state index is -0.129. The van der Waals surface area contributed by atoms with Gasteiger partial charge in [-0.2, -0.15) is 4.68 Å². The van der Waals surface area contributed by atoms with Gasteiger partial charge in [-0.05, 0) is 57.3 Å². The number of hydrogen-bond acceptors (Lipinski definition) is 5. The van der Waals surface area contributed by atoms with E-state index >= 15 is 0 Å². The van der Waals surface area contributed by atoms with Crippen molar-refractivity contribution in [1.29, 1.82) is 0 Å². The highest BCUT2D eigenvalue weighted by atomic mass is 127. The van der Waals surface area contributed by atoms with Crippen LogP contribution in [0.4, 0.5) is 0 Å². The minimum Gasteiger partial charge on any atom is -0.383 e. The summed E-state index contributed by atoms with van der Waals surface area (Å²) in [5.74, 6) is 0.277. The first-order valence-electron chi connectivity index (χ1n) is 7.59. The lowest BCUT2D eigenvalue weighted by molar-refractivity contribution is 0.105. The lowest BCUT2D eigenvalue weighted by Gasteiger charge is -2.12. The molecule has 0 bridgehead atoms. The van der Waals surface area contributed by atoms with E-state index in [4.69, 9.17) is 0 Å². The van der Waals surface area contributed by atoms with E-state index in [0.29, 0.717) is 17.0 Å². The predicted molar refractivity (Wildman–Crippen MR) is 104 cm³/mol. The zero-order valence-electron chi connectivity index (χ0n) is 13.8. The van der Waals surface area contributed by atoms with Gasteiger partial charge in [-0.15, -0.1) is 5.10 Å². The predicted octanol–water partition coefficient (Wildman–Crippen LogP) is 3.05. The van der Waals surface area contributed by atoms with E-state index in [0.717, 1.165) is 9.26 Å². The molecule has 1 aromatic heterocycles. The zero-order chi connectivity index (χ0) is 17.8. The van der Waals surface area contributed by atoms with Gasteiger partial charge in [0.2, 0.25) is 0 Å². The molecule has 1 heterocycles. The first-order chi connectivity index (χ1) is 12.1. The van der Waals surface area contributed by atoms with E-state index in [2.05, 4.69) is 38.1 Å². The smallest absolute Gasteiger partial charge is 0.198 e. The summed E-state index contributed by atoms with van der Waals surface area (Å²) in [6.07, 6.45) is 1.74. The highest BCUT2D eigenvalue weighted by Gasteiger charge is 2.21. The van der Waals surface area contributed by atoms with E-state index in [1.807, 2.05) is 61.5 Å². The van der Waals surface area contributed by atoms with Crippen molar-refractivity contribution < 1.29 is 4.79 Å². The number of tetrazole rings is 1. The van der Waals surface area contributed by atoms with Crippen molar-refractivity contribution in [2.45, 2.75) is 0 Å². The topological polar surface area (TPSA) is 63.9 Å². The molecule has 0 aliphatic rings. The molecule has 0 N–H and O–H groups in total. The van der Waals surface area contributed by atoms with Crippen LogP contribution >= 0.6 is 22.6 Å². The summed E-state index contributed by atoms with van der Waals surface area (Å²) >= 11 is 2.24. The fourth-order valence-electron chi connectivity index (χ4n) is 2.33. The average molecular weight is 445 g/mol. The van der Waals surface area contributed by atoms with Crippen LogP contribution in [0.15, 0.2) is 60.8 Å². The van der Waals surface area contributed by atoms with Gasteiger partial charge in [-0.25, -0.2) is 0 Å². The number of benzene rings is 2. The maximum Gasteiger partial charge on any atom is 0.198 e. The van der Waals surface area contributed by atoms with Crippen molar-refractivity contribution in [1.82, 2.24) is 25.1 Å². The molecule has 0 aliphatic carbocycles. The van der Waals surface area contributed by atoms with Crippen LogP contribution in [0.2, 0.25) is 0 Å². The lowest BCUT2D eigenvalue weighted by atomic mass is 10.0. The van der Waals surface area contributed by atoms with Crippen molar-refractivity contribution in [3.05, 3.63) is 75.8 Å². The molecule has 6 nitrogen and oxygen atoms in total. The number of carbonyl (C=O) groups is 1. The zero-order valence-corrected chi connectivity index (χ0v) is 16.0. The SMILES string of the molecule is CN(C)C=C(C(=O)c1ccccc1)c1nnnn1-c1ccc(I)cc1. The molecule has 126 valence electrons. The van der Waals surface area contributed by atoms with Crippen LogP contribution in [0.5, 0.6) is 0 Å². The molecule has 0 unspecified atom stereocenters. The van der Waals surface area contributed by atoms with Crippen molar-refractivity contribution in [2.75, 3.05) is 14.1 Å². The molecule has 0 aliphatic heterocycles. The van der Waals surface area contributed by atoms with E-state index < -0.39 is 0 Å². The number of carbonyl (C=O) groups excluding carboxylic acids is 1. The molecular weight excluding hydrogens is 429 g/mol. The Labute approximate surface area is 159 Å².